The number of rotatable bonds is 3. The maximum atomic E-state index is 13.4. The fourth-order valence-corrected chi connectivity index (χ4v) is 6.05. The Morgan fingerprint density at radius 3 is 2.50 bits per heavy atom. The quantitative estimate of drug-likeness (QED) is 0.644. The van der Waals surface area contributed by atoms with Gasteiger partial charge in [0.15, 0.2) is 0 Å². The predicted octanol–water partition coefficient (Wildman–Crippen LogP) is 5.10. The maximum Gasteiger partial charge on any atom is 0.273 e. The van der Waals surface area contributed by atoms with Gasteiger partial charge in [0.2, 0.25) is 0 Å². The lowest BCUT2D eigenvalue weighted by Gasteiger charge is -2.52. The molecule has 5 rings (SSSR count). The first kappa shape index (κ1) is 19.5. The molecule has 30 heavy (non-hydrogen) atoms. The highest BCUT2D eigenvalue weighted by atomic mass is 32.1. The zero-order chi connectivity index (χ0) is 20.6. The van der Waals surface area contributed by atoms with E-state index in [4.69, 9.17) is 0 Å². The molecule has 0 radical (unpaired) electrons. The van der Waals surface area contributed by atoms with Crippen molar-refractivity contribution >= 4 is 17.2 Å². The van der Waals surface area contributed by atoms with Gasteiger partial charge in [-0.25, -0.2) is 4.98 Å². The number of hydrogen-bond acceptors (Lipinski definition) is 4. The minimum absolute atomic E-state index is 0.000410. The number of hydrogen-bond donors (Lipinski definition) is 1. The third kappa shape index (κ3) is 3.36. The monoisotopic (exact) mass is 418 g/mol. The normalized spacial score (nSPS) is 26.2. The third-order valence-electron chi connectivity index (χ3n) is 6.76. The number of aromatic nitrogens is 1. The molecule has 5 heteroatoms. The highest BCUT2D eigenvalue weighted by molar-refractivity contribution is 7.13. The van der Waals surface area contributed by atoms with Gasteiger partial charge in [-0.3, -0.25) is 4.79 Å². The van der Waals surface area contributed by atoms with Crippen molar-refractivity contribution in [3.63, 3.8) is 0 Å². The summed E-state index contributed by atoms with van der Waals surface area (Å²) in [5.41, 5.74) is 1.68. The van der Waals surface area contributed by atoms with Gasteiger partial charge in [-0.05, 0) is 24.8 Å². The molecule has 1 unspecified atom stereocenters. The molecular weight excluding hydrogens is 392 g/mol. The van der Waals surface area contributed by atoms with Crippen LogP contribution in [0.4, 0.5) is 0 Å². The summed E-state index contributed by atoms with van der Waals surface area (Å²) >= 11 is 1.51. The number of likely N-dealkylation sites (tertiary alicyclic amines) is 1. The van der Waals surface area contributed by atoms with Gasteiger partial charge in [0.25, 0.3) is 5.91 Å². The lowest BCUT2D eigenvalue weighted by molar-refractivity contribution is -0.110. The summed E-state index contributed by atoms with van der Waals surface area (Å²) in [7, 11) is 0. The van der Waals surface area contributed by atoms with Crippen molar-refractivity contribution in [1.29, 1.82) is 0 Å². The van der Waals surface area contributed by atoms with Crippen molar-refractivity contribution in [3.8, 4) is 10.6 Å². The van der Waals surface area contributed by atoms with Crippen LogP contribution in [0.3, 0.4) is 0 Å². The molecule has 4 nitrogen and oxygen atoms in total. The number of piperidine rings is 1. The maximum absolute atomic E-state index is 13.4. The highest BCUT2D eigenvalue weighted by Gasteiger charge is 2.50. The van der Waals surface area contributed by atoms with Crippen LogP contribution in [0.5, 0.6) is 0 Å². The first-order valence-electron chi connectivity index (χ1n) is 10.8. The van der Waals surface area contributed by atoms with Gasteiger partial charge in [-0.1, -0.05) is 73.5 Å². The van der Waals surface area contributed by atoms with Crippen LogP contribution in [0.1, 0.15) is 48.2 Å². The van der Waals surface area contributed by atoms with E-state index in [1.165, 1.54) is 11.3 Å². The number of thiazole rings is 1. The van der Waals surface area contributed by atoms with E-state index in [1.807, 2.05) is 70.9 Å². The number of nitrogens with zero attached hydrogens (tertiary/aromatic N) is 2. The summed E-state index contributed by atoms with van der Waals surface area (Å²) in [5, 5.41) is 14.5. The van der Waals surface area contributed by atoms with Gasteiger partial charge in [-0.2, -0.15) is 0 Å². The summed E-state index contributed by atoms with van der Waals surface area (Å²) < 4.78 is 0. The number of carbonyl (C=O) groups is 1. The number of aliphatic hydroxyl groups is 1. The Bertz CT molecular complexity index is 1020. The summed E-state index contributed by atoms with van der Waals surface area (Å²) in [6, 6.07) is 20.1. The van der Waals surface area contributed by atoms with Crippen LogP contribution in [-0.2, 0) is 5.60 Å². The average Bonchev–Trinajstić information content (AvgIpc) is 3.31. The van der Waals surface area contributed by atoms with Crippen LogP contribution in [-0.4, -0.2) is 33.5 Å². The molecule has 0 bridgehead atoms. The molecule has 3 atom stereocenters. The molecule has 1 aliphatic heterocycles. The minimum Gasteiger partial charge on any atom is -0.385 e. The molecule has 2 heterocycles. The van der Waals surface area contributed by atoms with Crippen LogP contribution in [0.15, 0.2) is 66.0 Å². The first-order valence-corrected chi connectivity index (χ1v) is 11.6. The predicted molar refractivity (Wildman–Crippen MR) is 119 cm³/mol. The van der Waals surface area contributed by atoms with E-state index in [0.29, 0.717) is 18.7 Å². The van der Waals surface area contributed by atoms with Crippen LogP contribution < -0.4 is 0 Å². The molecule has 154 valence electrons. The molecule has 1 amide bonds. The van der Waals surface area contributed by atoms with Crippen LogP contribution in [0.25, 0.3) is 10.6 Å². The SMILES string of the molecule is O=C(c1csc(-c2ccccc2)n1)N1CCC(O)(c2ccccc2)[C@H]2CCCC[C@H]21. The Hall–Kier alpha value is -2.50. The molecule has 0 spiro atoms. The first-order chi connectivity index (χ1) is 14.7. The largest absolute Gasteiger partial charge is 0.385 e. The topological polar surface area (TPSA) is 53.4 Å². The van der Waals surface area contributed by atoms with Crippen molar-refractivity contribution in [2.24, 2.45) is 5.92 Å². The lowest BCUT2D eigenvalue weighted by atomic mass is 9.66. The van der Waals surface area contributed by atoms with Crippen molar-refractivity contribution < 1.29 is 9.90 Å². The highest BCUT2D eigenvalue weighted by Crippen LogP contribution is 2.47. The number of benzene rings is 2. The molecule has 1 N–H and O–H groups in total. The van der Waals surface area contributed by atoms with E-state index in [2.05, 4.69) is 4.98 Å². The second kappa shape index (κ2) is 7.97. The summed E-state index contributed by atoms with van der Waals surface area (Å²) in [5.74, 6) is 0.0685. The van der Waals surface area contributed by atoms with Gasteiger partial charge in [-0.15, -0.1) is 11.3 Å². The van der Waals surface area contributed by atoms with Crippen LogP contribution in [0, 0.1) is 5.92 Å². The van der Waals surface area contributed by atoms with E-state index in [9.17, 15) is 9.90 Å². The van der Waals surface area contributed by atoms with E-state index in [1.54, 1.807) is 0 Å². The van der Waals surface area contributed by atoms with Crippen molar-refractivity contribution in [1.82, 2.24) is 9.88 Å². The van der Waals surface area contributed by atoms with Crippen molar-refractivity contribution in [2.75, 3.05) is 6.54 Å². The summed E-state index contributed by atoms with van der Waals surface area (Å²) in [6.45, 7) is 0.559. The number of fused-ring (bicyclic) bond motifs is 1. The number of amides is 1. The molecule has 1 saturated carbocycles. The fourth-order valence-electron chi connectivity index (χ4n) is 5.25. The molecule has 1 aromatic heterocycles. The van der Waals surface area contributed by atoms with Gasteiger partial charge in [0.1, 0.15) is 10.7 Å². The van der Waals surface area contributed by atoms with Crippen LogP contribution >= 0.6 is 11.3 Å². The number of carbonyl (C=O) groups excluding carboxylic acids is 1. The smallest absolute Gasteiger partial charge is 0.273 e. The standard InChI is InChI=1S/C25H26N2O2S/c28-24(21-17-30-23(26-21)18-9-3-1-4-10-18)27-16-15-25(29,19-11-5-2-6-12-19)20-13-7-8-14-22(20)27/h1-6,9-12,17,20,22,29H,7-8,13-16H2/t20-,22+,25?/m0/s1. The molecule has 1 saturated heterocycles. The molecular formula is C25H26N2O2S. The second-order valence-electron chi connectivity index (χ2n) is 8.40. The zero-order valence-corrected chi connectivity index (χ0v) is 17.7. The Kier molecular flexibility index (Phi) is 5.17. The molecule has 3 aromatic rings. The molecule has 2 aliphatic rings. The third-order valence-corrected chi connectivity index (χ3v) is 7.65. The Morgan fingerprint density at radius 1 is 1.03 bits per heavy atom. The second-order valence-corrected chi connectivity index (χ2v) is 9.26. The Labute approximate surface area is 181 Å². The van der Waals surface area contributed by atoms with E-state index in [-0.39, 0.29) is 17.9 Å². The summed E-state index contributed by atoms with van der Waals surface area (Å²) in [6.07, 6.45) is 4.67. The van der Waals surface area contributed by atoms with E-state index in [0.717, 1.165) is 41.8 Å². The molecule has 2 fully saturated rings. The van der Waals surface area contributed by atoms with Gasteiger partial charge < -0.3 is 10.0 Å². The average molecular weight is 419 g/mol. The zero-order valence-electron chi connectivity index (χ0n) is 16.9. The van der Waals surface area contributed by atoms with Crippen LogP contribution in [0.2, 0.25) is 0 Å². The minimum atomic E-state index is -0.861. The molecule has 1 aliphatic carbocycles. The van der Waals surface area contributed by atoms with Gasteiger partial charge in [0, 0.05) is 29.4 Å². The van der Waals surface area contributed by atoms with Crippen molar-refractivity contribution in [3.05, 3.63) is 77.3 Å². The fraction of sp³-hybridized carbons (Fsp3) is 0.360. The Morgan fingerprint density at radius 2 is 1.73 bits per heavy atom. The summed E-state index contributed by atoms with van der Waals surface area (Å²) in [4.78, 5) is 20.1. The lowest BCUT2D eigenvalue weighted by Crippen LogP contribution is -2.59. The van der Waals surface area contributed by atoms with E-state index >= 15 is 0 Å². The molecule has 2 aromatic carbocycles. The Balaban J connectivity index is 1.42. The van der Waals surface area contributed by atoms with Gasteiger partial charge in [0.05, 0.1) is 5.60 Å². The van der Waals surface area contributed by atoms with Crippen molar-refractivity contribution in [2.45, 2.75) is 43.7 Å². The van der Waals surface area contributed by atoms with Gasteiger partial charge >= 0.3 is 0 Å². The van der Waals surface area contributed by atoms with E-state index < -0.39 is 5.60 Å².